The number of carbonyl (C=O) groups is 2. The van der Waals surface area contributed by atoms with E-state index in [0.29, 0.717) is 17.4 Å². The number of quaternary nitrogens is 1. The van der Waals surface area contributed by atoms with Gasteiger partial charge in [-0.15, -0.1) is 0 Å². The van der Waals surface area contributed by atoms with Crippen molar-refractivity contribution in [2.24, 2.45) is 0 Å². The lowest BCUT2D eigenvalue weighted by Crippen LogP contribution is -2.37. The number of carbonyl (C=O) groups excluding carboxylic acids is 2. The van der Waals surface area contributed by atoms with Crippen molar-refractivity contribution in [1.29, 1.82) is 0 Å². The number of unbranched alkanes of at least 4 members (excludes halogenated alkanes) is 9. The Morgan fingerprint density at radius 1 is 0.667 bits per heavy atom. The van der Waals surface area contributed by atoms with Crippen molar-refractivity contribution in [2.45, 2.75) is 148 Å². The summed E-state index contributed by atoms with van der Waals surface area (Å²) < 4.78 is 33.6. The number of likely N-dealkylation sites (N-methyl/N-ethyl adjacent to an activating group) is 1. The molecule has 11 heteroatoms. The number of phosphoric acid groups is 1. The van der Waals surface area contributed by atoms with Gasteiger partial charge >= 0.3 is 11.9 Å². The highest BCUT2D eigenvalue weighted by Crippen LogP contribution is 2.38. The molecular weight excluding hydrogens is 741 g/mol. The fourth-order valence-electron chi connectivity index (χ4n) is 5.11. The Morgan fingerprint density at radius 2 is 1.23 bits per heavy atom. The molecular formula is C46H78NO9P. The van der Waals surface area contributed by atoms with Crippen LogP contribution in [0.25, 0.3) is 0 Å². The molecule has 3 atom stereocenters. The molecule has 0 radical (unpaired) electrons. The third-order valence-electron chi connectivity index (χ3n) is 8.52. The van der Waals surface area contributed by atoms with E-state index in [2.05, 4.69) is 74.6 Å². The summed E-state index contributed by atoms with van der Waals surface area (Å²) in [6, 6.07) is 0. The number of esters is 2. The van der Waals surface area contributed by atoms with Gasteiger partial charge in [0.2, 0.25) is 0 Å². The molecule has 0 spiro atoms. The zero-order chi connectivity index (χ0) is 42.3. The van der Waals surface area contributed by atoms with Gasteiger partial charge in [0, 0.05) is 12.8 Å². The van der Waals surface area contributed by atoms with Crippen LogP contribution in [0.5, 0.6) is 0 Å². The molecule has 2 unspecified atom stereocenters. The van der Waals surface area contributed by atoms with Gasteiger partial charge in [-0.1, -0.05) is 137 Å². The minimum absolute atomic E-state index is 0.0725. The minimum atomic E-state index is -4.69. The Kier molecular flexibility index (Phi) is 35.6. The fourth-order valence-corrected chi connectivity index (χ4v) is 5.84. The molecule has 326 valence electrons. The molecule has 0 heterocycles. The fraction of sp³-hybridized carbons (Fsp3) is 0.652. The zero-order valence-electron chi connectivity index (χ0n) is 36.1. The number of rotatable bonds is 37. The summed E-state index contributed by atoms with van der Waals surface area (Å²) in [6.07, 6.45) is 43.7. The number of ether oxygens (including phenoxy) is 2. The van der Waals surface area contributed by atoms with Crippen LogP contribution in [0.4, 0.5) is 0 Å². The van der Waals surface area contributed by atoms with Crippen molar-refractivity contribution < 1.29 is 47.2 Å². The molecule has 0 aromatic rings. The maximum atomic E-state index is 12.6. The highest BCUT2D eigenvalue weighted by atomic mass is 31.2. The Balaban J connectivity index is 4.63. The van der Waals surface area contributed by atoms with Crippen LogP contribution in [0, 0.1) is 0 Å². The molecule has 0 fully saturated rings. The average Bonchev–Trinajstić information content (AvgIpc) is 3.16. The summed E-state index contributed by atoms with van der Waals surface area (Å²) in [5.41, 5.74) is 0. The topological polar surface area (TPSA) is 131 Å². The number of hydrogen-bond acceptors (Lipinski definition) is 9. The number of phosphoric ester groups is 1. The zero-order valence-corrected chi connectivity index (χ0v) is 37.0. The van der Waals surface area contributed by atoms with Crippen molar-refractivity contribution in [3.05, 3.63) is 85.1 Å². The smallest absolute Gasteiger partial charge is 0.306 e. The molecule has 0 aliphatic carbocycles. The average molecular weight is 820 g/mol. The van der Waals surface area contributed by atoms with Crippen LogP contribution in [-0.4, -0.2) is 81.2 Å². The van der Waals surface area contributed by atoms with E-state index in [1.807, 2.05) is 33.3 Å². The van der Waals surface area contributed by atoms with Gasteiger partial charge in [0.05, 0.1) is 33.9 Å². The molecule has 0 aliphatic rings. The van der Waals surface area contributed by atoms with E-state index in [0.717, 1.165) is 70.6 Å². The summed E-state index contributed by atoms with van der Waals surface area (Å²) in [7, 11) is 1.02. The lowest BCUT2D eigenvalue weighted by atomic mass is 10.1. The van der Waals surface area contributed by atoms with Gasteiger partial charge in [0.1, 0.15) is 19.8 Å². The monoisotopic (exact) mass is 820 g/mol. The second-order valence-electron chi connectivity index (χ2n) is 15.2. The predicted octanol–water partition coefficient (Wildman–Crippen LogP) is 10.4. The first-order valence-electron chi connectivity index (χ1n) is 21.4. The number of aliphatic hydroxyl groups is 1. The number of nitrogens with zero attached hydrogens (tertiary/aromatic N) is 1. The van der Waals surface area contributed by atoms with E-state index in [1.165, 1.54) is 25.7 Å². The molecule has 0 aromatic heterocycles. The second-order valence-corrected chi connectivity index (χ2v) is 16.6. The van der Waals surface area contributed by atoms with E-state index in [9.17, 15) is 24.2 Å². The van der Waals surface area contributed by atoms with Crippen molar-refractivity contribution >= 4 is 19.8 Å². The van der Waals surface area contributed by atoms with Crippen LogP contribution in [0.1, 0.15) is 136 Å². The summed E-state index contributed by atoms with van der Waals surface area (Å²) in [5, 5.41) is 10.3. The SMILES string of the molecule is CC/C=C\C/C=C\C/C=C\C/C=C\C/C=C\C=C/C(O)CCC(=O)OC[C@H](COP(=O)([O-])OCC[N+](C)(C)C)OC(=O)CCCCCCC/C=C\CCCCCC. The maximum absolute atomic E-state index is 12.6. The van der Waals surface area contributed by atoms with Gasteiger partial charge in [0.25, 0.3) is 7.82 Å². The van der Waals surface area contributed by atoms with E-state index in [1.54, 1.807) is 12.2 Å². The van der Waals surface area contributed by atoms with E-state index >= 15 is 0 Å². The first kappa shape index (κ1) is 54.2. The molecule has 0 saturated carbocycles. The van der Waals surface area contributed by atoms with Crippen LogP contribution in [0.2, 0.25) is 0 Å². The molecule has 0 saturated heterocycles. The first-order chi connectivity index (χ1) is 27.4. The van der Waals surface area contributed by atoms with Crippen LogP contribution < -0.4 is 4.89 Å². The van der Waals surface area contributed by atoms with Gasteiger partial charge in [-0.3, -0.25) is 14.2 Å². The molecule has 57 heavy (non-hydrogen) atoms. The number of aliphatic hydroxyl groups excluding tert-OH is 1. The van der Waals surface area contributed by atoms with Crippen LogP contribution in [0.3, 0.4) is 0 Å². The third-order valence-corrected chi connectivity index (χ3v) is 9.48. The van der Waals surface area contributed by atoms with Gasteiger partial charge in [-0.25, -0.2) is 0 Å². The largest absolute Gasteiger partial charge is 0.756 e. The van der Waals surface area contributed by atoms with Crippen LogP contribution >= 0.6 is 7.82 Å². The Labute approximate surface area is 346 Å². The third kappa shape index (κ3) is 41.1. The van der Waals surface area contributed by atoms with Gasteiger partial charge in [-0.2, -0.15) is 0 Å². The Bertz CT molecular complexity index is 1260. The van der Waals surface area contributed by atoms with E-state index in [-0.39, 0.29) is 32.5 Å². The van der Waals surface area contributed by atoms with Crippen molar-refractivity contribution in [1.82, 2.24) is 0 Å². The Hall–Kier alpha value is -2.85. The molecule has 0 aromatic carbocycles. The maximum Gasteiger partial charge on any atom is 0.306 e. The van der Waals surface area contributed by atoms with Crippen LogP contribution in [-0.2, 0) is 32.7 Å². The lowest BCUT2D eigenvalue weighted by Gasteiger charge is -2.28. The second kappa shape index (κ2) is 37.4. The summed E-state index contributed by atoms with van der Waals surface area (Å²) in [4.78, 5) is 37.5. The summed E-state index contributed by atoms with van der Waals surface area (Å²) in [5.74, 6) is -1.14. The quantitative estimate of drug-likeness (QED) is 0.0162. The van der Waals surface area contributed by atoms with E-state index in [4.69, 9.17) is 18.5 Å². The molecule has 0 rings (SSSR count). The molecule has 1 N–H and O–H groups in total. The van der Waals surface area contributed by atoms with Crippen molar-refractivity contribution in [2.75, 3.05) is 47.5 Å². The van der Waals surface area contributed by atoms with Gasteiger partial charge in [-0.05, 0) is 70.6 Å². The Morgan fingerprint density at radius 3 is 1.82 bits per heavy atom. The highest BCUT2D eigenvalue weighted by Gasteiger charge is 2.22. The summed E-state index contributed by atoms with van der Waals surface area (Å²) in [6.45, 7) is 3.78. The van der Waals surface area contributed by atoms with Crippen LogP contribution in [0.15, 0.2) is 85.1 Å². The van der Waals surface area contributed by atoms with Gasteiger partial charge < -0.3 is 33.0 Å². The predicted molar refractivity (Wildman–Crippen MR) is 232 cm³/mol. The molecule has 0 bridgehead atoms. The number of hydrogen-bond donors (Lipinski definition) is 1. The molecule has 0 amide bonds. The lowest BCUT2D eigenvalue weighted by molar-refractivity contribution is -0.870. The van der Waals surface area contributed by atoms with Crippen molar-refractivity contribution in [3.8, 4) is 0 Å². The standard InChI is InChI=1S/C46H78NO9P/c1-6-8-10-12-14-16-18-20-21-22-24-25-27-29-31-33-35-43(48)37-38-45(49)53-41-44(42-55-57(51,52)54-40-39-47(3,4)5)56-46(50)36-34-32-30-28-26-23-19-17-15-13-11-9-7-2/h8,10,14,16-17,19-21,24-25,29,31,33,35,43-44,48H,6-7,9,11-13,15,18,22-23,26-28,30,32,34,36-42H2,1-5H3/b10-8-,16-14-,19-17-,21-20-,25-24-,31-29-,35-33-/t43?,44-/m1/s1. The molecule has 10 nitrogen and oxygen atoms in total. The highest BCUT2D eigenvalue weighted by molar-refractivity contribution is 7.45. The van der Waals surface area contributed by atoms with E-state index < -0.39 is 38.6 Å². The first-order valence-corrected chi connectivity index (χ1v) is 22.9. The van der Waals surface area contributed by atoms with Gasteiger partial charge in [0.15, 0.2) is 6.10 Å². The van der Waals surface area contributed by atoms with Crippen molar-refractivity contribution in [3.63, 3.8) is 0 Å². The minimum Gasteiger partial charge on any atom is -0.756 e. The summed E-state index contributed by atoms with van der Waals surface area (Å²) >= 11 is 0. The normalized spacial score (nSPS) is 15.0. The number of allylic oxidation sites excluding steroid dienone is 13. The molecule has 0 aliphatic heterocycles.